The number of unbranched alkanes of at least 4 members (excludes halogenated alkanes) is 60. The SMILES string of the molecule is CCCCCCC/C=C\C/C=C\CCCCCCCCCCCCCCCCCCCCCCCCCCCCCC(=O)NC(COC1OC(CO)C(OC2OC(CO)C(O)C(O)C2O)C(O)C1O)C(O)/C=C/CCCCCCCCCCCCCCCCCCCCCCCCCCCCCC. The molecular formula is C89H169NO13. The Bertz CT molecular complexity index is 1870. The summed E-state index contributed by atoms with van der Waals surface area (Å²) in [4.78, 5) is 13.4. The van der Waals surface area contributed by atoms with Gasteiger partial charge in [0.25, 0.3) is 0 Å². The van der Waals surface area contributed by atoms with Crippen molar-refractivity contribution in [3.05, 3.63) is 36.5 Å². The van der Waals surface area contributed by atoms with Crippen LogP contribution in [0.3, 0.4) is 0 Å². The fraction of sp³-hybridized carbons (Fsp3) is 0.921. The van der Waals surface area contributed by atoms with Crippen molar-refractivity contribution in [2.75, 3.05) is 19.8 Å². The lowest BCUT2D eigenvalue weighted by molar-refractivity contribution is -0.359. The molecule has 2 saturated heterocycles. The molecule has 1 amide bonds. The molecular weight excluding hydrogens is 1290 g/mol. The molecule has 14 heteroatoms. The van der Waals surface area contributed by atoms with Crippen LogP contribution in [0.25, 0.3) is 0 Å². The molecule has 0 bridgehead atoms. The van der Waals surface area contributed by atoms with E-state index in [1.807, 2.05) is 6.08 Å². The Labute approximate surface area is 633 Å². The lowest BCUT2D eigenvalue weighted by Crippen LogP contribution is -2.65. The molecule has 2 rings (SSSR count). The van der Waals surface area contributed by atoms with Crippen molar-refractivity contribution in [1.29, 1.82) is 0 Å². The number of amides is 1. The third-order valence-corrected chi connectivity index (χ3v) is 22.1. The molecule has 2 aliphatic rings. The van der Waals surface area contributed by atoms with Gasteiger partial charge in [-0.3, -0.25) is 4.79 Å². The first-order valence-electron chi connectivity index (χ1n) is 44.7. The van der Waals surface area contributed by atoms with Crippen molar-refractivity contribution in [2.45, 2.75) is 505 Å². The van der Waals surface area contributed by atoms with Crippen LogP contribution in [0.2, 0.25) is 0 Å². The monoisotopic (exact) mass is 1460 g/mol. The van der Waals surface area contributed by atoms with E-state index >= 15 is 0 Å². The predicted octanol–water partition coefficient (Wildman–Crippen LogP) is 21.5. The topological polar surface area (TPSA) is 228 Å². The molecule has 0 radical (unpaired) electrons. The van der Waals surface area contributed by atoms with Crippen LogP contribution < -0.4 is 5.32 Å². The quantitative estimate of drug-likeness (QED) is 0.0204. The molecule has 14 nitrogen and oxygen atoms in total. The van der Waals surface area contributed by atoms with Gasteiger partial charge in [-0.2, -0.15) is 0 Å². The first-order chi connectivity index (χ1) is 50.6. The fourth-order valence-corrected chi connectivity index (χ4v) is 15.0. The number of rotatable bonds is 77. The molecule has 12 atom stereocenters. The van der Waals surface area contributed by atoms with Gasteiger partial charge >= 0.3 is 0 Å². The van der Waals surface area contributed by atoms with Crippen molar-refractivity contribution >= 4 is 5.91 Å². The van der Waals surface area contributed by atoms with Crippen LogP contribution in [-0.2, 0) is 23.7 Å². The van der Waals surface area contributed by atoms with E-state index in [1.165, 1.54) is 360 Å². The Kier molecular flexibility index (Phi) is 69.0. The zero-order valence-corrected chi connectivity index (χ0v) is 67.1. The molecule has 2 aliphatic heterocycles. The van der Waals surface area contributed by atoms with Gasteiger partial charge in [0, 0.05) is 6.42 Å². The Morgan fingerprint density at radius 1 is 0.350 bits per heavy atom. The van der Waals surface area contributed by atoms with E-state index in [1.54, 1.807) is 6.08 Å². The Hall–Kier alpha value is -1.79. The van der Waals surface area contributed by atoms with E-state index in [-0.39, 0.29) is 18.9 Å². The van der Waals surface area contributed by atoms with E-state index in [0.29, 0.717) is 6.42 Å². The second-order valence-corrected chi connectivity index (χ2v) is 31.7. The first-order valence-corrected chi connectivity index (χ1v) is 44.7. The van der Waals surface area contributed by atoms with Crippen LogP contribution >= 0.6 is 0 Å². The van der Waals surface area contributed by atoms with E-state index in [0.717, 1.165) is 44.9 Å². The normalized spacial score (nSPS) is 21.7. The summed E-state index contributed by atoms with van der Waals surface area (Å²) in [5, 5.41) is 87.9. The summed E-state index contributed by atoms with van der Waals surface area (Å²) < 4.78 is 23.0. The molecule has 12 unspecified atom stereocenters. The summed E-state index contributed by atoms with van der Waals surface area (Å²) in [7, 11) is 0. The first kappa shape index (κ1) is 97.3. The van der Waals surface area contributed by atoms with Gasteiger partial charge in [0.1, 0.15) is 48.8 Å². The summed E-state index contributed by atoms with van der Waals surface area (Å²) in [6.07, 6.45) is 81.2. The highest BCUT2D eigenvalue weighted by molar-refractivity contribution is 5.76. The van der Waals surface area contributed by atoms with Gasteiger partial charge in [-0.25, -0.2) is 0 Å². The predicted molar refractivity (Wildman–Crippen MR) is 429 cm³/mol. The Morgan fingerprint density at radius 3 is 0.971 bits per heavy atom. The number of aliphatic hydroxyl groups is 8. The summed E-state index contributed by atoms with van der Waals surface area (Å²) in [5.74, 6) is -0.229. The van der Waals surface area contributed by atoms with Crippen molar-refractivity contribution in [3.63, 3.8) is 0 Å². The summed E-state index contributed by atoms with van der Waals surface area (Å²) in [6.45, 7) is 2.87. The number of nitrogens with one attached hydrogen (secondary N) is 1. The molecule has 103 heavy (non-hydrogen) atoms. The summed E-state index contributed by atoms with van der Waals surface area (Å²) >= 11 is 0. The van der Waals surface area contributed by atoms with Gasteiger partial charge in [-0.1, -0.05) is 410 Å². The number of carbonyl (C=O) groups is 1. The number of hydrogen-bond donors (Lipinski definition) is 9. The maximum absolute atomic E-state index is 13.4. The highest BCUT2D eigenvalue weighted by Crippen LogP contribution is 2.31. The van der Waals surface area contributed by atoms with Crippen molar-refractivity contribution < 1.29 is 64.6 Å². The highest BCUT2D eigenvalue weighted by atomic mass is 16.7. The van der Waals surface area contributed by atoms with Crippen LogP contribution in [0.5, 0.6) is 0 Å². The van der Waals surface area contributed by atoms with Gasteiger partial charge in [0.05, 0.1) is 32.0 Å². The van der Waals surface area contributed by atoms with Crippen molar-refractivity contribution in [2.24, 2.45) is 0 Å². The Balaban J connectivity index is 1.56. The van der Waals surface area contributed by atoms with Crippen LogP contribution in [0.15, 0.2) is 36.5 Å². The molecule has 0 aromatic rings. The van der Waals surface area contributed by atoms with Gasteiger partial charge in [0.15, 0.2) is 12.6 Å². The molecule has 9 N–H and O–H groups in total. The van der Waals surface area contributed by atoms with Crippen LogP contribution in [0.4, 0.5) is 0 Å². The van der Waals surface area contributed by atoms with E-state index < -0.39 is 86.8 Å². The minimum Gasteiger partial charge on any atom is -0.394 e. The molecule has 0 aliphatic carbocycles. The summed E-state index contributed by atoms with van der Waals surface area (Å²) in [6, 6.07) is -0.915. The van der Waals surface area contributed by atoms with Crippen molar-refractivity contribution in [1.82, 2.24) is 5.32 Å². The van der Waals surface area contributed by atoms with Crippen LogP contribution in [0.1, 0.15) is 431 Å². The Morgan fingerprint density at radius 2 is 0.641 bits per heavy atom. The zero-order chi connectivity index (χ0) is 74.4. The van der Waals surface area contributed by atoms with E-state index in [4.69, 9.17) is 18.9 Å². The van der Waals surface area contributed by atoms with Gasteiger partial charge in [-0.05, 0) is 51.4 Å². The third kappa shape index (κ3) is 55.3. The molecule has 0 aromatic carbocycles. The lowest BCUT2D eigenvalue weighted by atomic mass is 9.97. The molecule has 0 aromatic heterocycles. The molecule has 2 fully saturated rings. The van der Waals surface area contributed by atoms with Gasteiger partial charge in [0.2, 0.25) is 5.91 Å². The molecule has 608 valence electrons. The minimum atomic E-state index is -1.79. The largest absolute Gasteiger partial charge is 0.394 e. The van der Waals surface area contributed by atoms with E-state index in [2.05, 4.69) is 43.5 Å². The van der Waals surface area contributed by atoms with Crippen molar-refractivity contribution in [3.8, 4) is 0 Å². The average Bonchev–Trinajstić information content (AvgIpc) is 0.791. The molecule has 2 heterocycles. The average molecular weight is 1460 g/mol. The number of ether oxygens (including phenoxy) is 4. The van der Waals surface area contributed by atoms with E-state index in [9.17, 15) is 45.6 Å². The van der Waals surface area contributed by atoms with Gasteiger partial charge < -0.3 is 65.1 Å². The second kappa shape index (κ2) is 73.0. The lowest BCUT2D eigenvalue weighted by Gasteiger charge is -2.46. The molecule has 0 saturated carbocycles. The maximum atomic E-state index is 13.4. The number of carbonyl (C=O) groups excluding carboxylic acids is 1. The second-order valence-electron chi connectivity index (χ2n) is 31.7. The highest BCUT2D eigenvalue weighted by Gasteiger charge is 2.51. The van der Waals surface area contributed by atoms with Gasteiger partial charge in [-0.15, -0.1) is 0 Å². The maximum Gasteiger partial charge on any atom is 0.220 e. The van der Waals surface area contributed by atoms with Crippen LogP contribution in [-0.4, -0.2) is 140 Å². The van der Waals surface area contributed by atoms with Crippen LogP contribution in [0, 0.1) is 0 Å². The minimum absolute atomic E-state index is 0.229. The molecule has 0 spiro atoms. The zero-order valence-electron chi connectivity index (χ0n) is 67.1. The fourth-order valence-electron chi connectivity index (χ4n) is 15.0. The summed E-state index contributed by atoms with van der Waals surface area (Å²) in [5.41, 5.74) is 0. The standard InChI is InChI=1S/C89H169NO13/c1-3-5-7-9-11-13-15-17-19-21-23-25-27-29-31-33-35-36-37-38-39-40-41-42-43-45-47-49-51-53-55-57-59-61-63-65-67-69-71-73-81(94)90-77(76-100-88-86(99)84(97)87(80(75-92)102-88)103-89-85(98)83(96)82(95)79(74-91)101-89)78(93)72-70-68-66-64-62-60-58-56-54-52-50-48-46-44-34-32-30-28-26-24-22-20-18-16-14-12-10-8-6-4-2/h15,17,21,23,70,72,77-80,82-89,91-93,95-99H,3-14,16,18-20,22,24-69,71,73-76H2,1-2H3,(H,90,94)/b17-15-,23-21-,72-70+. The third-order valence-electron chi connectivity index (χ3n) is 22.1. The number of allylic oxidation sites excluding steroid dienone is 5. The number of hydrogen-bond acceptors (Lipinski definition) is 13. The number of aliphatic hydroxyl groups excluding tert-OH is 8. The smallest absolute Gasteiger partial charge is 0.220 e.